The van der Waals surface area contributed by atoms with Gasteiger partial charge in [0.15, 0.2) is 18.1 Å². The zero-order valence-electron chi connectivity index (χ0n) is 15.3. The second kappa shape index (κ2) is 10.4. The van der Waals surface area contributed by atoms with Crippen LogP contribution >= 0.6 is 11.6 Å². The number of benzene rings is 2. The van der Waals surface area contributed by atoms with Gasteiger partial charge in [0.2, 0.25) is 0 Å². The Kier molecular flexibility index (Phi) is 7.95. The number of hydrogen-bond donors (Lipinski definition) is 1. The molecule has 0 bridgehead atoms. The van der Waals surface area contributed by atoms with E-state index in [2.05, 4.69) is 5.32 Å². The molecule has 0 aromatic heterocycles. The topological polar surface area (TPSA) is 73.9 Å². The number of methoxy groups -OCH3 is 2. The van der Waals surface area contributed by atoms with Gasteiger partial charge in [-0.25, -0.2) is 0 Å². The maximum absolute atomic E-state index is 11.8. The van der Waals surface area contributed by atoms with E-state index in [0.29, 0.717) is 29.5 Å². The number of carbonyl (C=O) groups excluding carboxylic acids is 2. The van der Waals surface area contributed by atoms with Crippen molar-refractivity contribution in [2.75, 3.05) is 20.8 Å². The van der Waals surface area contributed by atoms with Crippen LogP contribution in [0.5, 0.6) is 11.5 Å². The SMILES string of the molecule is COc1ccc(CCC(=O)OCC(=O)NCc2ccc(Cl)cc2)cc1OC. The highest BCUT2D eigenvalue weighted by molar-refractivity contribution is 6.30. The molecule has 0 aliphatic rings. The van der Waals surface area contributed by atoms with Crippen LogP contribution in [0, 0.1) is 0 Å². The number of amides is 1. The summed E-state index contributed by atoms with van der Waals surface area (Å²) >= 11 is 5.81. The molecule has 0 saturated heterocycles. The van der Waals surface area contributed by atoms with Crippen LogP contribution in [-0.2, 0) is 27.3 Å². The summed E-state index contributed by atoms with van der Waals surface area (Å²) in [6.45, 7) is 0.0392. The first-order chi connectivity index (χ1) is 13.0. The van der Waals surface area contributed by atoms with Gasteiger partial charge in [0.1, 0.15) is 0 Å². The average molecular weight is 392 g/mol. The average Bonchev–Trinajstić information content (AvgIpc) is 2.69. The van der Waals surface area contributed by atoms with E-state index >= 15 is 0 Å². The van der Waals surface area contributed by atoms with Crippen molar-refractivity contribution in [1.82, 2.24) is 5.32 Å². The smallest absolute Gasteiger partial charge is 0.306 e. The number of carbonyl (C=O) groups is 2. The summed E-state index contributed by atoms with van der Waals surface area (Å²) < 4.78 is 15.4. The lowest BCUT2D eigenvalue weighted by Gasteiger charge is -2.10. The zero-order chi connectivity index (χ0) is 19.6. The van der Waals surface area contributed by atoms with Crippen LogP contribution in [-0.4, -0.2) is 32.7 Å². The van der Waals surface area contributed by atoms with Crippen molar-refractivity contribution in [3.05, 3.63) is 58.6 Å². The molecule has 2 aromatic carbocycles. The molecule has 0 spiro atoms. The molecule has 2 aromatic rings. The van der Waals surface area contributed by atoms with E-state index in [1.807, 2.05) is 24.3 Å². The molecule has 7 heteroatoms. The molecule has 0 saturated carbocycles. The Morgan fingerprint density at radius 2 is 1.63 bits per heavy atom. The maximum atomic E-state index is 11.8. The van der Waals surface area contributed by atoms with Crippen LogP contribution in [0.1, 0.15) is 17.5 Å². The predicted molar refractivity (Wildman–Crippen MR) is 102 cm³/mol. The third-order valence-electron chi connectivity index (χ3n) is 3.83. The van der Waals surface area contributed by atoms with Gasteiger partial charge in [-0.2, -0.15) is 0 Å². The fourth-order valence-corrected chi connectivity index (χ4v) is 2.48. The van der Waals surface area contributed by atoms with Gasteiger partial charge in [0.25, 0.3) is 5.91 Å². The monoisotopic (exact) mass is 391 g/mol. The number of aryl methyl sites for hydroxylation is 1. The Bertz CT molecular complexity index is 776. The summed E-state index contributed by atoms with van der Waals surface area (Å²) in [7, 11) is 3.12. The summed E-state index contributed by atoms with van der Waals surface area (Å²) in [5.74, 6) is 0.432. The number of hydrogen-bond acceptors (Lipinski definition) is 5. The normalized spacial score (nSPS) is 10.2. The van der Waals surface area contributed by atoms with Crippen LogP contribution < -0.4 is 14.8 Å². The minimum Gasteiger partial charge on any atom is -0.493 e. The molecule has 2 rings (SSSR count). The van der Waals surface area contributed by atoms with Crippen molar-refractivity contribution >= 4 is 23.5 Å². The first-order valence-corrected chi connectivity index (χ1v) is 8.77. The van der Waals surface area contributed by atoms with Crippen molar-refractivity contribution in [3.8, 4) is 11.5 Å². The van der Waals surface area contributed by atoms with Crippen molar-refractivity contribution < 1.29 is 23.8 Å². The van der Waals surface area contributed by atoms with Crippen LogP contribution in [0.3, 0.4) is 0 Å². The third-order valence-corrected chi connectivity index (χ3v) is 4.08. The second-order valence-electron chi connectivity index (χ2n) is 5.75. The summed E-state index contributed by atoms with van der Waals surface area (Å²) in [6, 6.07) is 12.6. The van der Waals surface area contributed by atoms with Gasteiger partial charge in [-0.05, 0) is 41.8 Å². The highest BCUT2D eigenvalue weighted by Gasteiger charge is 2.10. The molecule has 6 nitrogen and oxygen atoms in total. The van der Waals surface area contributed by atoms with E-state index in [4.69, 9.17) is 25.8 Å². The van der Waals surface area contributed by atoms with E-state index < -0.39 is 5.97 Å². The van der Waals surface area contributed by atoms with Gasteiger partial charge in [-0.1, -0.05) is 29.8 Å². The van der Waals surface area contributed by atoms with Crippen LogP contribution in [0.15, 0.2) is 42.5 Å². The van der Waals surface area contributed by atoms with Crippen molar-refractivity contribution in [2.45, 2.75) is 19.4 Å². The van der Waals surface area contributed by atoms with E-state index in [9.17, 15) is 9.59 Å². The number of ether oxygens (including phenoxy) is 3. The van der Waals surface area contributed by atoms with Gasteiger partial charge in [-0.15, -0.1) is 0 Å². The highest BCUT2D eigenvalue weighted by Crippen LogP contribution is 2.27. The molecule has 1 amide bonds. The molecular formula is C20H22ClNO5. The molecule has 1 N–H and O–H groups in total. The van der Waals surface area contributed by atoms with Gasteiger partial charge >= 0.3 is 5.97 Å². The fourth-order valence-electron chi connectivity index (χ4n) is 2.35. The van der Waals surface area contributed by atoms with Gasteiger partial charge in [0.05, 0.1) is 14.2 Å². The maximum Gasteiger partial charge on any atom is 0.306 e. The minimum absolute atomic E-state index is 0.167. The van der Waals surface area contributed by atoms with Crippen molar-refractivity contribution in [2.24, 2.45) is 0 Å². The van der Waals surface area contributed by atoms with Crippen LogP contribution in [0.2, 0.25) is 5.02 Å². The lowest BCUT2D eigenvalue weighted by atomic mass is 10.1. The zero-order valence-corrected chi connectivity index (χ0v) is 16.0. The van der Waals surface area contributed by atoms with E-state index in [0.717, 1.165) is 11.1 Å². The van der Waals surface area contributed by atoms with Crippen LogP contribution in [0.25, 0.3) is 0 Å². The largest absolute Gasteiger partial charge is 0.493 e. The molecule has 0 aliphatic carbocycles. The number of esters is 1. The van der Waals surface area contributed by atoms with Gasteiger partial charge in [-0.3, -0.25) is 9.59 Å². The second-order valence-corrected chi connectivity index (χ2v) is 6.19. The first-order valence-electron chi connectivity index (χ1n) is 8.39. The summed E-state index contributed by atoms with van der Waals surface area (Å²) in [4.78, 5) is 23.6. The predicted octanol–water partition coefficient (Wildman–Crippen LogP) is 3.15. The lowest BCUT2D eigenvalue weighted by molar-refractivity contribution is -0.148. The Hall–Kier alpha value is -2.73. The number of nitrogens with one attached hydrogen (secondary N) is 1. The third kappa shape index (κ3) is 6.83. The van der Waals surface area contributed by atoms with E-state index in [1.165, 1.54) is 0 Å². The molecule has 0 unspecified atom stereocenters. The summed E-state index contributed by atoms with van der Waals surface area (Å²) in [5, 5.41) is 3.32. The van der Waals surface area contributed by atoms with E-state index in [1.54, 1.807) is 32.4 Å². The van der Waals surface area contributed by atoms with Gasteiger partial charge in [0, 0.05) is 18.0 Å². The molecule has 0 radical (unpaired) electrons. The molecular weight excluding hydrogens is 370 g/mol. The number of halogens is 1. The Labute approximate surface area is 163 Å². The molecule has 0 heterocycles. The standard InChI is InChI=1S/C20H22ClNO5/c1-25-17-9-5-14(11-18(17)26-2)6-10-20(24)27-13-19(23)22-12-15-3-7-16(21)8-4-15/h3-5,7-9,11H,6,10,12-13H2,1-2H3,(H,22,23). The highest BCUT2D eigenvalue weighted by atomic mass is 35.5. The molecule has 0 aliphatic heterocycles. The Morgan fingerprint density at radius 3 is 2.30 bits per heavy atom. The quantitative estimate of drug-likeness (QED) is 0.665. The first kappa shape index (κ1) is 20.6. The lowest BCUT2D eigenvalue weighted by Crippen LogP contribution is -2.28. The Morgan fingerprint density at radius 1 is 0.963 bits per heavy atom. The summed E-state index contributed by atoms with van der Waals surface area (Å²) in [5.41, 5.74) is 1.82. The minimum atomic E-state index is -0.438. The molecule has 0 fully saturated rings. The van der Waals surface area contributed by atoms with Crippen molar-refractivity contribution in [1.29, 1.82) is 0 Å². The van der Waals surface area contributed by atoms with Gasteiger partial charge < -0.3 is 19.5 Å². The van der Waals surface area contributed by atoms with Crippen molar-refractivity contribution in [3.63, 3.8) is 0 Å². The van der Waals surface area contributed by atoms with Crippen LogP contribution in [0.4, 0.5) is 0 Å². The molecule has 0 atom stereocenters. The summed E-state index contributed by atoms with van der Waals surface area (Å²) in [6.07, 6.45) is 0.644. The van der Waals surface area contributed by atoms with E-state index in [-0.39, 0.29) is 18.9 Å². The Balaban J connectivity index is 1.71. The molecule has 144 valence electrons. The molecule has 27 heavy (non-hydrogen) atoms. The fraction of sp³-hybridized carbons (Fsp3) is 0.300. The number of rotatable bonds is 9.